The second-order valence-electron chi connectivity index (χ2n) is 5.07. The molecule has 6 heteroatoms. The summed E-state index contributed by atoms with van der Waals surface area (Å²) in [6, 6.07) is 3.08. The SMILES string of the molecule is CC(=O)c1cc(Cl)cc(CNC(=O)OC(C)(C)C)n1. The third kappa shape index (κ3) is 5.70. The van der Waals surface area contributed by atoms with Gasteiger partial charge in [0.05, 0.1) is 12.2 Å². The second kappa shape index (κ2) is 6.02. The molecule has 1 N–H and O–H groups in total. The van der Waals surface area contributed by atoms with Gasteiger partial charge in [0, 0.05) is 11.9 Å². The summed E-state index contributed by atoms with van der Waals surface area (Å²) in [6.07, 6.45) is -0.543. The minimum atomic E-state index is -0.559. The van der Waals surface area contributed by atoms with Crippen molar-refractivity contribution in [3.63, 3.8) is 0 Å². The minimum Gasteiger partial charge on any atom is -0.444 e. The molecule has 0 aliphatic carbocycles. The Balaban J connectivity index is 2.68. The van der Waals surface area contributed by atoms with Crippen molar-refractivity contribution in [1.82, 2.24) is 10.3 Å². The molecule has 19 heavy (non-hydrogen) atoms. The number of carbonyl (C=O) groups excluding carboxylic acids is 2. The normalized spacial score (nSPS) is 11.0. The van der Waals surface area contributed by atoms with Gasteiger partial charge in [-0.2, -0.15) is 0 Å². The molecule has 0 saturated carbocycles. The van der Waals surface area contributed by atoms with Gasteiger partial charge in [-0.15, -0.1) is 0 Å². The molecule has 104 valence electrons. The van der Waals surface area contributed by atoms with Gasteiger partial charge in [0.1, 0.15) is 11.3 Å². The molecule has 0 bridgehead atoms. The number of halogens is 1. The maximum atomic E-state index is 11.5. The Hall–Kier alpha value is -1.62. The lowest BCUT2D eigenvalue weighted by molar-refractivity contribution is 0.0523. The maximum Gasteiger partial charge on any atom is 0.407 e. The Bertz CT molecular complexity index is 495. The van der Waals surface area contributed by atoms with E-state index in [0.717, 1.165) is 0 Å². The largest absolute Gasteiger partial charge is 0.444 e. The highest BCUT2D eigenvalue weighted by molar-refractivity contribution is 6.30. The number of aromatic nitrogens is 1. The zero-order valence-electron chi connectivity index (χ0n) is 11.4. The second-order valence-corrected chi connectivity index (χ2v) is 5.51. The molecule has 5 nitrogen and oxygen atoms in total. The van der Waals surface area contributed by atoms with Crippen LogP contribution in [0.2, 0.25) is 5.02 Å². The van der Waals surface area contributed by atoms with Crippen LogP contribution in [0.15, 0.2) is 12.1 Å². The molecule has 0 radical (unpaired) electrons. The smallest absolute Gasteiger partial charge is 0.407 e. The summed E-state index contributed by atoms with van der Waals surface area (Å²) in [5.74, 6) is -0.180. The van der Waals surface area contributed by atoms with Gasteiger partial charge >= 0.3 is 6.09 Å². The number of hydrogen-bond donors (Lipinski definition) is 1. The number of alkyl carbamates (subject to hydrolysis) is 1. The highest BCUT2D eigenvalue weighted by Crippen LogP contribution is 2.13. The van der Waals surface area contributed by atoms with E-state index in [1.807, 2.05) is 0 Å². The summed E-state index contributed by atoms with van der Waals surface area (Å²) in [5.41, 5.74) is 0.216. The van der Waals surface area contributed by atoms with E-state index in [1.54, 1.807) is 26.8 Å². The number of amides is 1. The molecule has 0 fully saturated rings. The number of nitrogens with one attached hydrogen (secondary N) is 1. The molecule has 0 saturated heterocycles. The average Bonchev–Trinajstić information content (AvgIpc) is 2.23. The quantitative estimate of drug-likeness (QED) is 0.867. The van der Waals surface area contributed by atoms with E-state index in [0.29, 0.717) is 10.7 Å². The lowest BCUT2D eigenvalue weighted by atomic mass is 10.2. The zero-order chi connectivity index (χ0) is 14.6. The average molecular weight is 285 g/mol. The summed E-state index contributed by atoms with van der Waals surface area (Å²) in [5, 5.41) is 2.96. The zero-order valence-corrected chi connectivity index (χ0v) is 12.2. The van der Waals surface area contributed by atoms with Gasteiger partial charge in [-0.1, -0.05) is 11.6 Å². The van der Waals surface area contributed by atoms with Crippen molar-refractivity contribution in [3.8, 4) is 0 Å². The van der Waals surface area contributed by atoms with E-state index in [2.05, 4.69) is 10.3 Å². The van der Waals surface area contributed by atoms with Crippen molar-refractivity contribution in [2.75, 3.05) is 0 Å². The van der Waals surface area contributed by atoms with Crippen LogP contribution >= 0.6 is 11.6 Å². The predicted octanol–water partition coefficient (Wildman–Crippen LogP) is 2.96. The van der Waals surface area contributed by atoms with Gasteiger partial charge in [0.15, 0.2) is 5.78 Å². The van der Waals surface area contributed by atoms with Crippen LogP contribution in [0, 0.1) is 0 Å². The first-order valence-corrected chi connectivity index (χ1v) is 6.19. The summed E-state index contributed by atoms with van der Waals surface area (Å²) in [6.45, 7) is 6.88. The number of carbonyl (C=O) groups is 2. The molecule has 0 atom stereocenters. The highest BCUT2D eigenvalue weighted by Gasteiger charge is 2.16. The van der Waals surface area contributed by atoms with Crippen LogP contribution < -0.4 is 5.32 Å². The van der Waals surface area contributed by atoms with Crippen LogP contribution in [0.3, 0.4) is 0 Å². The summed E-state index contributed by atoms with van der Waals surface area (Å²) < 4.78 is 5.09. The fourth-order valence-corrected chi connectivity index (χ4v) is 1.53. The molecule has 1 heterocycles. The molecule has 0 spiro atoms. The van der Waals surface area contributed by atoms with E-state index in [9.17, 15) is 9.59 Å². The van der Waals surface area contributed by atoms with Crippen LogP contribution in [0.1, 0.15) is 43.9 Å². The Morgan fingerprint density at radius 1 is 1.37 bits per heavy atom. The monoisotopic (exact) mass is 284 g/mol. The molecular weight excluding hydrogens is 268 g/mol. The Labute approximate surface area is 117 Å². The minimum absolute atomic E-state index is 0.149. The van der Waals surface area contributed by atoms with E-state index in [1.165, 1.54) is 13.0 Å². The number of pyridine rings is 1. The van der Waals surface area contributed by atoms with Gasteiger partial charge in [-0.3, -0.25) is 4.79 Å². The molecule has 1 amide bonds. The van der Waals surface area contributed by atoms with Crippen molar-refractivity contribution in [2.45, 2.75) is 39.8 Å². The van der Waals surface area contributed by atoms with Crippen LogP contribution in [-0.4, -0.2) is 22.5 Å². The lowest BCUT2D eigenvalue weighted by Gasteiger charge is -2.19. The Kier molecular flexibility index (Phi) is 4.89. The van der Waals surface area contributed by atoms with Gasteiger partial charge in [-0.05, 0) is 32.9 Å². The third-order valence-corrected chi connectivity index (χ3v) is 2.23. The molecule has 1 aromatic heterocycles. The Morgan fingerprint density at radius 3 is 2.53 bits per heavy atom. The molecule has 0 unspecified atom stereocenters. The fraction of sp³-hybridized carbons (Fsp3) is 0.462. The van der Waals surface area contributed by atoms with E-state index in [-0.39, 0.29) is 18.0 Å². The number of Topliss-reactive ketones (excluding diaryl/α,β-unsaturated/α-hetero) is 1. The number of nitrogens with zero attached hydrogens (tertiary/aromatic N) is 1. The molecule has 0 aliphatic rings. The molecule has 1 aromatic rings. The first-order chi connectivity index (χ1) is 8.67. The summed E-state index contributed by atoms with van der Waals surface area (Å²) >= 11 is 5.88. The topological polar surface area (TPSA) is 68.3 Å². The first kappa shape index (κ1) is 15.4. The maximum absolute atomic E-state index is 11.5. The predicted molar refractivity (Wildman–Crippen MR) is 72.3 cm³/mol. The van der Waals surface area contributed by atoms with Crippen molar-refractivity contribution < 1.29 is 14.3 Å². The number of hydrogen-bond acceptors (Lipinski definition) is 4. The van der Waals surface area contributed by atoms with Gasteiger partial charge in [0.2, 0.25) is 0 Å². The van der Waals surface area contributed by atoms with Gasteiger partial charge < -0.3 is 10.1 Å². The van der Waals surface area contributed by atoms with Crippen LogP contribution in [0.5, 0.6) is 0 Å². The van der Waals surface area contributed by atoms with E-state index in [4.69, 9.17) is 16.3 Å². The van der Waals surface area contributed by atoms with Crippen molar-refractivity contribution in [2.24, 2.45) is 0 Å². The van der Waals surface area contributed by atoms with Crippen LogP contribution in [0.4, 0.5) is 4.79 Å². The number of ketones is 1. The van der Waals surface area contributed by atoms with E-state index >= 15 is 0 Å². The van der Waals surface area contributed by atoms with E-state index < -0.39 is 11.7 Å². The fourth-order valence-electron chi connectivity index (χ4n) is 1.30. The van der Waals surface area contributed by atoms with Crippen molar-refractivity contribution in [3.05, 3.63) is 28.5 Å². The molecule has 1 rings (SSSR count). The van der Waals surface area contributed by atoms with Gasteiger partial charge in [0.25, 0.3) is 0 Å². The standard InChI is InChI=1S/C13H17ClN2O3/c1-8(17)11-6-9(14)5-10(16-11)7-15-12(18)19-13(2,3)4/h5-6H,7H2,1-4H3,(H,15,18). The lowest BCUT2D eigenvalue weighted by Crippen LogP contribution is -2.32. The van der Waals surface area contributed by atoms with Crippen LogP contribution in [0.25, 0.3) is 0 Å². The van der Waals surface area contributed by atoms with Crippen molar-refractivity contribution >= 4 is 23.5 Å². The van der Waals surface area contributed by atoms with Gasteiger partial charge in [-0.25, -0.2) is 9.78 Å². The number of rotatable bonds is 3. The first-order valence-electron chi connectivity index (χ1n) is 5.81. The summed E-state index contributed by atoms with van der Waals surface area (Å²) in [7, 11) is 0. The van der Waals surface area contributed by atoms with Crippen LogP contribution in [-0.2, 0) is 11.3 Å². The molecule has 0 aromatic carbocycles. The number of ether oxygens (including phenoxy) is 1. The summed E-state index contributed by atoms with van der Waals surface area (Å²) in [4.78, 5) is 26.8. The van der Waals surface area contributed by atoms with Crippen molar-refractivity contribution in [1.29, 1.82) is 0 Å². The highest BCUT2D eigenvalue weighted by atomic mass is 35.5. The third-order valence-electron chi connectivity index (χ3n) is 2.02. The molecule has 0 aliphatic heterocycles. The Morgan fingerprint density at radius 2 is 2.00 bits per heavy atom. The molecular formula is C13H17ClN2O3.